The predicted octanol–water partition coefficient (Wildman–Crippen LogP) is 2.61. The monoisotopic (exact) mass is 455 g/mol. The first-order valence-corrected chi connectivity index (χ1v) is 10.6. The molecule has 5 rings (SSSR count). The van der Waals surface area contributed by atoms with Crippen LogP contribution in [0.15, 0.2) is 46.8 Å². The molecule has 166 valence electrons. The summed E-state index contributed by atoms with van der Waals surface area (Å²) in [5.41, 5.74) is 1.54. The molecule has 0 radical (unpaired) electrons. The second-order valence-electron chi connectivity index (χ2n) is 7.00. The van der Waals surface area contributed by atoms with Crippen LogP contribution in [-0.4, -0.2) is 51.6 Å². The Labute approximate surface area is 186 Å². The van der Waals surface area contributed by atoms with Crippen LogP contribution in [0, 0.1) is 5.82 Å². The molecule has 0 spiro atoms. The van der Waals surface area contributed by atoms with Gasteiger partial charge in [-0.3, -0.25) is 9.78 Å². The zero-order chi connectivity index (χ0) is 21.4. The minimum absolute atomic E-state index is 0. The molecule has 0 saturated carbocycles. The Bertz CT molecular complexity index is 1320. The van der Waals surface area contributed by atoms with Crippen LogP contribution in [0.3, 0.4) is 0 Å². The number of para-hydroxylation sites is 1. The molecule has 3 N–H and O–H groups in total. The van der Waals surface area contributed by atoms with E-state index in [0.717, 1.165) is 47.8 Å². The maximum absolute atomic E-state index is 14.3. The molecule has 4 heterocycles. The van der Waals surface area contributed by atoms with E-state index in [1.165, 1.54) is 17.5 Å². The van der Waals surface area contributed by atoms with Crippen LogP contribution in [0.1, 0.15) is 17.9 Å². The first-order chi connectivity index (χ1) is 15.1. The van der Waals surface area contributed by atoms with Crippen molar-refractivity contribution in [1.29, 1.82) is 0 Å². The molecule has 9 nitrogen and oxygen atoms in total. The summed E-state index contributed by atoms with van der Waals surface area (Å²) in [5, 5.41) is 7.90. The molecule has 0 unspecified atom stereocenters. The molecule has 1 amide bonds. The van der Waals surface area contributed by atoms with Crippen LogP contribution in [0.25, 0.3) is 16.2 Å². The second-order valence-corrected chi connectivity index (χ2v) is 7.84. The molecule has 1 fully saturated rings. The number of hydrogen-bond acceptors (Lipinski definition) is 7. The van der Waals surface area contributed by atoms with E-state index in [0.29, 0.717) is 11.2 Å². The lowest BCUT2D eigenvalue weighted by atomic mass is 10.2. The number of nitrogens with zero attached hydrogens (tertiary/aromatic N) is 4. The highest BCUT2D eigenvalue weighted by molar-refractivity contribution is 7.12. The molecule has 1 saturated heterocycles. The number of amides is 1. The average molecular weight is 456 g/mol. The van der Waals surface area contributed by atoms with Crippen molar-refractivity contribution in [2.24, 2.45) is 0 Å². The lowest BCUT2D eigenvalue weighted by Crippen LogP contribution is -2.43. The lowest BCUT2D eigenvalue weighted by molar-refractivity contribution is 0.102. The number of aromatic nitrogens is 4. The van der Waals surface area contributed by atoms with Crippen LogP contribution in [0.2, 0.25) is 0 Å². The van der Waals surface area contributed by atoms with Gasteiger partial charge >= 0.3 is 5.69 Å². The zero-order valence-electron chi connectivity index (χ0n) is 16.3. The Balaban J connectivity index is 0.00000245. The number of anilines is 2. The summed E-state index contributed by atoms with van der Waals surface area (Å²) < 4.78 is 15.5. The number of H-pyrrole nitrogens is 1. The summed E-state index contributed by atoms with van der Waals surface area (Å²) in [7, 11) is 0. The number of carbonyl (C=O) groups is 1. The number of nitrogens with one attached hydrogen (secondary N) is 3. The summed E-state index contributed by atoms with van der Waals surface area (Å²) in [6, 6.07) is 6.26. The van der Waals surface area contributed by atoms with Gasteiger partial charge in [-0.25, -0.2) is 18.7 Å². The number of imidazole rings is 1. The fourth-order valence-electron chi connectivity index (χ4n) is 3.62. The molecule has 3 aromatic heterocycles. The van der Waals surface area contributed by atoms with Crippen molar-refractivity contribution in [3.05, 3.63) is 64.0 Å². The van der Waals surface area contributed by atoms with Gasteiger partial charge < -0.3 is 20.5 Å². The standard InChI is InChI=1S/C20H18FN7O2S.CH4/c21-12-2-1-3-13-17(12)28(19(30)25-13)20-26-15(11-31-20)18(29)24-14-10-23-5-4-16(14)27-8-6-22-7-9-27;/h1-5,10-11,22H,6-9H2,(H,24,29)(H,25,30);1H4. The van der Waals surface area contributed by atoms with Crippen LogP contribution in [0.5, 0.6) is 0 Å². The predicted molar refractivity (Wildman–Crippen MR) is 124 cm³/mol. The van der Waals surface area contributed by atoms with E-state index in [1.807, 2.05) is 6.07 Å². The number of piperazine rings is 1. The van der Waals surface area contributed by atoms with Crippen molar-refractivity contribution in [3.63, 3.8) is 0 Å². The summed E-state index contributed by atoms with van der Waals surface area (Å²) in [5.74, 6) is -0.978. The Morgan fingerprint density at radius 2 is 2.03 bits per heavy atom. The number of carbonyl (C=O) groups excluding carboxylic acids is 1. The third kappa shape index (κ3) is 3.87. The average Bonchev–Trinajstić information content (AvgIpc) is 3.39. The van der Waals surface area contributed by atoms with Crippen molar-refractivity contribution in [3.8, 4) is 5.13 Å². The molecular weight excluding hydrogens is 433 g/mol. The third-order valence-electron chi connectivity index (χ3n) is 5.08. The van der Waals surface area contributed by atoms with E-state index in [2.05, 4.69) is 30.5 Å². The smallest absolute Gasteiger partial charge is 0.333 e. The van der Waals surface area contributed by atoms with Crippen molar-refractivity contribution >= 4 is 39.7 Å². The fraction of sp³-hybridized carbons (Fsp3) is 0.238. The molecule has 1 aliphatic rings. The van der Waals surface area contributed by atoms with E-state index < -0.39 is 17.4 Å². The number of halogens is 1. The Morgan fingerprint density at radius 3 is 2.84 bits per heavy atom. The summed E-state index contributed by atoms with van der Waals surface area (Å²) in [6.45, 7) is 3.37. The van der Waals surface area contributed by atoms with E-state index in [-0.39, 0.29) is 23.8 Å². The molecule has 0 aliphatic carbocycles. The minimum Gasteiger partial charge on any atom is -0.367 e. The number of fused-ring (bicyclic) bond motifs is 1. The van der Waals surface area contributed by atoms with E-state index in [1.54, 1.807) is 18.5 Å². The number of aromatic amines is 1. The van der Waals surface area contributed by atoms with Gasteiger partial charge in [0.1, 0.15) is 17.0 Å². The Morgan fingerprint density at radius 1 is 1.22 bits per heavy atom. The van der Waals surface area contributed by atoms with Crippen LogP contribution >= 0.6 is 11.3 Å². The number of benzene rings is 1. The molecule has 1 aromatic carbocycles. The van der Waals surface area contributed by atoms with E-state index >= 15 is 0 Å². The van der Waals surface area contributed by atoms with Crippen molar-refractivity contribution < 1.29 is 9.18 Å². The largest absolute Gasteiger partial charge is 0.367 e. The number of rotatable bonds is 4. The van der Waals surface area contributed by atoms with Gasteiger partial charge in [0.25, 0.3) is 5.91 Å². The van der Waals surface area contributed by atoms with Crippen LogP contribution in [0.4, 0.5) is 15.8 Å². The van der Waals surface area contributed by atoms with E-state index in [9.17, 15) is 14.0 Å². The summed E-state index contributed by atoms with van der Waals surface area (Å²) >= 11 is 1.09. The molecule has 0 bridgehead atoms. The SMILES string of the molecule is C.O=C(Nc1cnccc1N1CCNCC1)c1csc(-n2c(=O)[nH]c3cccc(F)c32)n1. The highest BCUT2D eigenvalue weighted by Gasteiger charge is 2.20. The quantitative estimate of drug-likeness (QED) is 0.437. The van der Waals surface area contributed by atoms with Crippen LogP contribution < -0.4 is 21.2 Å². The van der Waals surface area contributed by atoms with Gasteiger partial charge in [-0.2, -0.15) is 0 Å². The van der Waals surface area contributed by atoms with Gasteiger partial charge in [-0.1, -0.05) is 13.5 Å². The van der Waals surface area contributed by atoms with Gasteiger partial charge in [0.15, 0.2) is 5.13 Å². The molecule has 11 heteroatoms. The van der Waals surface area contributed by atoms with Gasteiger partial charge in [0.05, 0.1) is 23.1 Å². The molecule has 0 atom stereocenters. The van der Waals surface area contributed by atoms with Gasteiger partial charge in [-0.05, 0) is 18.2 Å². The maximum Gasteiger partial charge on any atom is 0.333 e. The zero-order valence-corrected chi connectivity index (χ0v) is 17.1. The van der Waals surface area contributed by atoms with Crippen molar-refractivity contribution in [2.45, 2.75) is 7.43 Å². The summed E-state index contributed by atoms with van der Waals surface area (Å²) in [4.78, 5) is 38.4. The molecule has 4 aromatic rings. The first kappa shape index (κ1) is 21.7. The molecule has 32 heavy (non-hydrogen) atoms. The fourth-order valence-corrected chi connectivity index (χ4v) is 4.43. The number of thiazole rings is 1. The van der Waals surface area contributed by atoms with E-state index in [4.69, 9.17) is 0 Å². The molecule has 1 aliphatic heterocycles. The van der Waals surface area contributed by atoms with Gasteiger partial charge in [-0.15, -0.1) is 11.3 Å². The second kappa shape index (κ2) is 8.89. The first-order valence-electron chi connectivity index (χ1n) is 9.68. The lowest BCUT2D eigenvalue weighted by Gasteiger charge is -2.30. The number of hydrogen-bond donors (Lipinski definition) is 3. The maximum atomic E-state index is 14.3. The minimum atomic E-state index is -0.548. The normalized spacial score (nSPS) is 13.7. The number of pyridine rings is 1. The molecular formula is C21H22FN7O2S. The topological polar surface area (TPSA) is 108 Å². The van der Waals surface area contributed by atoms with Crippen molar-refractivity contribution in [1.82, 2.24) is 24.8 Å². The van der Waals surface area contributed by atoms with Gasteiger partial charge in [0, 0.05) is 37.8 Å². The third-order valence-corrected chi connectivity index (χ3v) is 5.90. The van der Waals surface area contributed by atoms with Crippen molar-refractivity contribution in [2.75, 3.05) is 36.4 Å². The van der Waals surface area contributed by atoms with Crippen LogP contribution in [-0.2, 0) is 0 Å². The summed E-state index contributed by atoms with van der Waals surface area (Å²) in [6.07, 6.45) is 3.29. The highest BCUT2D eigenvalue weighted by Crippen LogP contribution is 2.26. The Hall–Kier alpha value is -3.57. The Kier molecular flexibility index (Phi) is 6.01. The van der Waals surface area contributed by atoms with Gasteiger partial charge in [0.2, 0.25) is 0 Å². The highest BCUT2D eigenvalue weighted by atomic mass is 32.1.